The monoisotopic (exact) mass is 339 g/mol. The molecule has 1 atom stereocenters. The Morgan fingerprint density at radius 1 is 1.43 bits per heavy atom. The summed E-state index contributed by atoms with van der Waals surface area (Å²) in [7, 11) is -2.10. The third kappa shape index (κ3) is 3.05. The van der Waals surface area contributed by atoms with Gasteiger partial charge in [-0.2, -0.15) is 4.31 Å². The first-order chi connectivity index (χ1) is 10.9. The second kappa shape index (κ2) is 5.87. The van der Waals surface area contributed by atoms with Crippen LogP contribution in [-0.2, 0) is 21.8 Å². The Morgan fingerprint density at radius 2 is 2.22 bits per heavy atom. The molecule has 1 aliphatic rings. The molecule has 23 heavy (non-hydrogen) atoms. The number of aryl methyl sites for hydroxylation is 2. The molecule has 3 heterocycles. The van der Waals surface area contributed by atoms with Gasteiger partial charge in [-0.3, -0.25) is 4.79 Å². The zero-order valence-electron chi connectivity index (χ0n) is 12.8. The lowest BCUT2D eigenvalue weighted by Gasteiger charge is -2.33. The number of aromatic amines is 1. The lowest BCUT2D eigenvalue weighted by Crippen LogP contribution is -2.44. The van der Waals surface area contributed by atoms with E-state index >= 15 is 0 Å². The molecule has 0 spiro atoms. The van der Waals surface area contributed by atoms with E-state index in [9.17, 15) is 13.2 Å². The minimum atomic E-state index is -3.80. The summed E-state index contributed by atoms with van der Waals surface area (Å²) in [6, 6.07) is 0.643. The fourth-order valence-corrected chi connectivity index (χ4v) is 4.06. The highest BCUT2D eigenvalue weighted by Gasteiger charge is 2.37. The van der Waals surface area contributed by atoms with E-state index in [0.29, 0.717) is 11.5 Å². The first-order valence-electron chi connectivity index (χ1n) is 7.03. The van der Waals surface area contributed by atoms with Crippen molar-refractivity contribution in [3.05, 3.63) is 40.5 Å². The summed E-state index contributed by atoms with van der Waals surface area (Å²) >= 11 is 0. The van der Waals surface area contributed by atoms with Gasteiger partial charge in [-0.05, 0) is 6.92 Å². The van der Waals surface area contributed by atoms with Crippen LogP contribution in [0.15, 0.2) is 28.4 Å². The maximum absolute atomic E-state index is 12.8. The summed E-state index contributed by atoms with van der Waals surface area (Å²) in [5, 5.41) is -0.0338. The normalized spacial score (nSPS) is 19.8. The molecule has 1 saturated heterocycles. The zero-order chi connectivity index (χ0) is 16.6. The van der Waals surface area contributed by atoms with Crippen molar-refractivity contribution in [3.8, 4) is 0 Å². The van der Waals surface area contributed by atoms with Gasteiger partial charge in [-0.25, -0.2) is 18.4 Å². The average Bonchev–Trinajstić information content (AvgIpc) is 2.94. The fourth-order valence-electron chi connectivity index (χ4n) is 2.52. The van der Waals surface area contributed by atoms with Crippen LogP contribution in [-0.4, -0.2) is 52.0 Å². The maximum atomic E-state index is 12.8. The van der Waals surface area contributed by atoms with Crippen LogP contribution in [0.5, 0.6) is 0 Å². The van der Waals surface area contributed by atoms with Gasteiger partial charge >= 0.3 is 0 Å². The number of hydrogen-bond donors (Lipinski definition) is 1. The van der Waals surface area contributed by atoms with Gasteiger partial charge in [0.15, 0.2) is 5.03 Å². The standard InChI is InChI=1S/C13H17N5O4S/c1-9-15-10(5-12(19)16-9)11-7-22-4-3-18(11)23(20,21)13-6-17(2)8-14-13/h5-6,8,11H,3-4,7H2,1-2H3,(H,15,16,19)/t11-/m0/s1. The van der Waals surface area contributed by atoms with Gasteiger partial charge in [0.05, 0.1) is 31.3 Å². The van der Waals surface area contributed by atoms with Gasteiger partial charge in [0.2, 0.25) is 0 Å². The van der Waals surface area contributed by atoms with E-state index in [1.807, 2.05) is 0 Å². The summed E-state index contributed by atoms with van der Waals surface area (Å²) in [4.78, 5) is 22.4. The van der Waals surface area contributed by atoms with Gasteiger partial charge in [0, 0.05) is 25.9 Å². The summed E-state index contributed by atoms with van der Waals surface area (Å²) in [6.45, 7) is 2.25. The smallest absolute Gasteiger partial charge is 0.262 e. The highest BCUT2D eigenvalue weighted by Crippen LogP contribution is 2.28. The summed E-state index contributed by atoms with van der Waals surface area (Å²) in [5.74, 6) is 0.424. The van der Waals surface area contributed by atoms with Gasteiger partial charge in [0.1, 0.15) is 5.82 Å². The number of hydrogen-bond acceptors (Lipinski definition) is 6. The molecule has 0 aliphatic carbocycles. The Kier molecular flexibility index (Phi) is 4.04. The predicted molar refractivity (Wildman–Crippen MR) is 80.3 cm³/mol. The first kappa shape index (κ1) is 15.8. The van der Waals surface area contributed by atoms with Crippen molar-refractivity contribution < 1.29 is 13.2 Å². The van der Waals surface area contributed by atoms with Crippen molar-refractivity contribution in [2.75, 3.05) is 19.8 Å². The number of imidazole rings is 1. The molecule has 1 aliphatic heterocycles. The first-order valence-corrected chi connectivity index (χ1v) is 8.47. The number of sulfonamides is 1. The molecule has 3 rings (SSSR count). The van der Waals surface area contributed by atoms with Crippen LogP contribution < -0.4 is 5.56 Å². The van der Waals surface area contributed by atoms with Crippen LogP contribution >= 0.6 is 0 Å². The topological polar surface area (TPSA) is 110 Å². The number of nitrogens with one attached hydrogen (secondary N) is 1. The molecule has 9 nitrogen and oxygen atoms in total. The van der Waals surface area contributed by atoms with Crippen molar-refractivity contribution in [2.45, 2.75) is 18.0 Å². The third-order valence-corrected chi connectivity index (χ3v) is 5.35. The van der Waals surface area contributed by atoms with Crippen molar-refractivity contribution in [1.29, 1.82) is 0 Å². The molecule has 2 aromatic heterocycles. The Morgan fingerprint density at radius 3 is 2.87 bits per heavy atom. The van der Waals surface area contributed by atoms with Crippen LogP contribution in [0.2, 0.25) is 0 Å². The predicted octanol–water partition coefficient (Wildman–Crippen LogP) is -0.426. The Balaban J connectivity index is 2.03. The summed E-state index contributed by atoms with van der Waals surface area (Å²) < 4.78 is 33.9. The lowest BCUT2D eigenvalue weighted by atomic mass is 10.2. The van der Waals surface area contributed by atoms with Crippen molar-refractivity contribution in [1.82, 2.24) is 23.8 Å². The largest absolute Gasteiger partial charge is 0.378 e. The van der Waals surface area contributed by atoms with Crippen molar-refractivity contribution in [2.24, 2.45) is 7.05 Å². The molecule has 0 bridgehead atoms. The molecule has 0 saturated carbocycles. The SMILES string of the molecule is Cc1nc([C@@H]2COCCN2S(=O)(=O)c2cn(C)cn2)cc(=O)[nH]1. The van der Waals surface area contributed by atoms with E-state index in [2.05, 4.69) is 15.0 Å². The Labute approximate surface area is 133 Å². The highest BCUT2D eigenvalue weighted by molar-refractivity contribution is 7.89. The van der Waals surface area contributed by atoms with E-state index in [0.717, 1.165) is 0 Å². The van der Waals surface area contributed by atoms with Crippen LogP contribution in [0, 0.1) is 6.92 Å². The van der Waals surface area contributed by atoms with Gasteiger partial charge in [-0.1, -0.05) is 0 Å². The number of aromatic nitrogens is 4. The molecule has 0 amide bonds. The Hall–Kier alpha value is -2.04. The Bertz CT molecular complexity index is 872. The fraction of sp³-hybridized carbons (Fsp3) is 0.462. The molecule has 0 radical (unpaired) electrons. The lowest BCUT2D eigenvalue weighted by molar-refractivity contribution is 0.0303. The molecule has 1 fully saturated rings. The number of rotatable bonds is 3. The van der Waals surface area contributed by atoms with E-state index < -0.39 is 16.1 Å². The minimum Gasteiger partial charge on any atom is -0.378 e. The van der Waals surface area contributed by atoms with Crippen LogP contribution in [0.3, 0.4) is 0 Å². The molecule has 10 heteroatoms. The van der Waals surface area contributed by atoms with Gasteiger partial charge in [-0.15, -0.1) is 0 Å². The number of nitrogens with zero attached hydrogens (tertiary/aromatic N) is 4. The number of H-pyrrole nitrogens is 1. The zero-order valence-corrected chi connectivity index (χ0v) is 13.6. The maximum Gasteiger partial charge on any atom is 0.262 e. The molecule has 124 valence electrons. The van der Waals surface area contributed by atoms with Crippen molar-refractivity contribution in [3.63, 3.8) is 0 Å². The third-order valence-electron chi connectivity index (χ3n) is 3.55. The van der Waals surface area contributed by atoms with Gasteiger partial charge in [0.25, 0.3) is 15.6 Å². The average molecular weight is 339 g/mol. The number of ether oxygens (including phenoxy) is 1. The summed E-state index contributed by atoms with van der Waals surface area (Å²) in [5.41, 5.74) is 0.0405. The molecule has 0 aromatic carbocycles. The van der Waals surface area contributed by atoms with E-state index in [1.165, 1.54) is 22.9 Å². The minimum absolute atomic E-state index is 0.0338. The van der Waals surface area contributed by atoms with E-state index in [-0.39, 0.29) is 30.3 Å². The van der Waals surface area contributed by atoms with Crippen LogP contribution in [0.25, 0.3) is 0 Å². The van der Waals surface area contributed by atoms with E-state index in [1.54, 1.807) is 18.5 Å². The van der Waals surface area contributed by atoms with Crippen LogP contribution in [0.1, 0.15) is 17.6 Å². The van der Waals surface area contributed by atoms with Crippen molar-refractivity contribution >= 4 is 10.0 Å². The molecular weight excluding hydrogens is 322 g/mol. The number of morpholine rings is 1. The summed E-state index contributed by atoms with van der Waals surface area (Å²) in [6.07, 6.45) is 2.87. The van der Waals surface area contributed by atoms with E-state index in [4.69, 9.17) is 4.74 Å². The molecule has 2 aromatic rings. The van der Waals surface area contributed by atoms with Gasteiger partial charge < -0.3 is 14.3 Å². The molecular formula is C13H17N5O4S. The molecule has 0 unspecified atom stereocenters. The van der Waals surface area contributed by atoms with Crippen LogP contribution in [0.4, 0.5) is 0 Å². The second-order valence-corrected chi connectivity index (χ2v) is 7.18. The molecule has 1 N–H and O–H groups in total. The second-order valence-electron chi connectivity index (χ2n) is 5.34. The highest BCUT2D eigenvalue weighted by atomic mass is 32.2. The quantitative estimate of drug-likeness (QED) is 0.813.